The van der Waals surface area contributed by atoms with Gasteiger partial charge in [0.1, 0.15) is 0 Å². The van der Waals surface area contributed by atoms with Crippen LogP contribution in [-0.4, -0.2) is 47.7 Å². The van der Waals surface area contributed by atoms with Crippen molar-refractivity contribution < 1.29 is 19.4 Å². The lowest BCUT2D eigenvalue weighted by Crippen LogP contribution is -2.35. The molecule has 0 aliphatic carbocycles. The van der Waals surface area contributed by atoms with Crippen LogP contribution in [0.1, 0.15) is 19.8 Å². The molecule has 2 aliphatic rings. The Morgan fingerprint density at radius 2 is 2.12 bits per heavy atom. The summed E-state index contributed by atoms with van der Waals surface area (Å²) in [6.45, 7) is 3.37. The largest absolute Gasteiger partial charge is 0.481 e. The molecule has 2 aliphatic heterocycles. The lowest BCUT2D eigenvalue weighted by atomic mass is 10.0. The summed E-state index contributed by atoms with van der Waals surface area (Å²) in [5, 5.41) is 8.86. The lowest BCUT2D eigenvalue weighted by molar-refractivity contribution is -0.141. The predicted octanol–water partition coefficient (Wildman–Crippen LogP) is 0.344. The molecule has 0 radical (unpaired) electrons. The number of hydrogen-bond donors (Lipinski definition) is 1. The molecule has 0 saturated carbocycles. The molecular weight excluding hydrogens is 210 g/mol. The molecule has 3 unspecified atom stereocenters. The Bertz CT molecular complexity index is 304. The van der Waals surface area contributed by atoms with Crippen LogP contribution >= 0.6 is 0 Å². The van der Waals surface area contributed by atoms with Crippen LogP contribution in [-0.2, 0) is 14.3 Å². The van der Waals surface area contributed by atoms with Crippen molar-refractivity contribution in [3.63, 3.8) is 0 Å². The highest BCUT2D eigenvalue weighted by Crippen LogP contribution is 2.24. The molecule has 0 bridgehead atoms. The Kier molecular flexibility index (Phi) is 3.14. The summed E-state index contributed by atoms with van der Waals surface area (Å²) in [6, 6.07) is 0. The molecule has 5 heteroatoms. The van der Waals surface area contributed by atoms with Crippen molar-refractivity contribution in [3.8, 4) is 0 Å². The molecule has 0 aromatic carbocycles. The maximum Gasteiger partial charge on any atom is 0.308 e. The van der Waals surface area contributed by atoms with Gasteiger partial charge in [-0.25, -0.2) is 0 Å². The minimum absolute atomic E-state index is 0.0631. The number of carboxylic acid groups (broad SMARTS) is 1. The smallest absolute Gasteiger partial charge is 0.308 e. The summed E-state index contributed by atoms with van der Waals surface area (Å²) in [4.78, 5) is 24.5. The Balaban J connectivity index is 1.89. The zero-order valence-corrected chi connectivity index (χ0v) is 9.39. The fourth-order valence-corrected chi connectivity index (χ4v) is 2.41. The molecule has 5 nitrogen and oxygen atoms in total. The SMILES string of the molecule is CC1CC(C(=O)N2CCC(C(=O)O)C2)CO1. The van der Waals surface area contributed by atoms with Crippen LogP contribution in [0.15, 0.2) is 0 Å². The number of aliphatic carboxylic acids is 1. The molecule has 90 valence electrons. The Hall–Kier alpha value is -1.10. The first-order chi connectivity index (χ1) is 7.58. The van der Waals surface area contributed by atoms with Crippen LogP contribution in [0.25, 0.3) is 0 Å². The van der Waals surface area contributed by atoms with Crippen molar-refractivity contribution in [2.45, 2.75) is 25.9 Å². The predicted molar refractivity (Wildman–Crippen MR) is 55.8 cm³/mol. The average Bonchev–Trinajstić information content (AvgIpc) is 2.84. The van der Waals surface area contributed by atoms with E-state index in [1.54, 1.807) is 4.90 Å². The van der Waals surface area contributed by atoms with E-state index >= 15 is 0 Å². The maximum absolute atomic E-state index is 12.0. The molecule has 16 heavy (non-hydrogen) atoms. The maximum atomic E-state index is 12.0. The van der Waals surface area contributed by atoms with Crippen molar-refractivity contribution in [1.29, 1.82) is 0 Å². The minimum atomic E-state index is -0.800. The summed E-state index contributed by atoms with van der Waals surface area (Å²) in [5.74, 6) is -1.19. The number of carbonyl (C=O) groups excluding carboxylic acids is 1. The Labute approximate surface area is 94.4 Å². The summed E-state index contributed by atoms with van der Waals surface area (Å²) in [6.07, 6.45) is 1.48. The topological polar surface area (TPSA) is 66.8 Å². The van der Waals surface area contributed by atoms with E-state index in [1.807, 2.05) is 6.92 Å². The van der Waals surface area contributed by atoms with E-state index in [-0.39, 0.29) is 23.8 Å². The van der Waals surface area contributed by atoms with E-state index < -0.39 is 5.97 Å². The number of hydrogen-bond acceptors (Lipinski definition) is 3. The molecule has 1 amide bonds. The molecular formula is C11H17NO4. The van der Waals surface area contributed by atoms with E-state index in [4.69, 9.17) is 9.84 Å². The second-order valence-electron chi connectivity index (χ2n) is 4.68. The van der Waals surface area contributed by atoms with Gasteiger partial charge in [-0.1, -0.05) is 0 Å². The van der Waals surface area contributed by atoms with Gasteiger partial charge in [-0.2, -0.15) is 0 Å². The van der Waals surface area contributed by atoms with Crippen LogP contribution < -0.4 is 0 Å². The third-order valence-electron chi connectivity index (χ3n) is 3.40. The third-order valence-corrected chi connectivity index (χ3v) is 3.40. The normalized spacial score (nSPS) is 34.3. The van der Waals surface area contributed by atoms with Gasteiger partial charge in [-0.3, -0.25) is 9.59 Å². The van der Waals surface area contributed by atoms with Gasteiger partial charge >= 0.3 is 5.97 Å². The van der Waals surface area contributed by atoms with Crippen LogP contribution in [0, 0.1) is 11.8 Å². The highest BCUT2D eigenvalue weighted by molar-refractivity contribution is 5.81. The molecule has 3 atom stereocenters. The number of rotatable bonds is 2. The van der Waals surface area contributed by atoms with E-state index in [0.29, 0.717) is 26.1 Å². The summed E-state index contributed by atoms with van der Waals surface area (Å²) in [7, 11) is 0. The first-order valence-corrected chi connectivity index (χ1v) is 5.71. The summed E-state index contributed by atoms with van der Waals surface area (Å²) >= 11 is 0. The molecule has 1 N–H and O–H groups in total. The molecule has 2 fully saturated rings. The first-order valence-electron chi connectivity index (χ1n) is 5.71. The van der Waals surface area contributed by atoms with Crippen molar-refractivity contribution in [2.75, 3.05) is 19.7 Å². The van der Waals surface area contributed by atoms with Crippen LogP contribution in [0.3, 0.4) is 0 Å². The lowest BCUT2D eigenvalue weighted by Gasteiger charge is -2.19. The van der Waals surface area contributed by atoms with Gasteiger partial charge < -0.3 is 14.7 Å². The second kappa shape index (κ2) is 4.41. The van der Waals surface area contributed by atoms with Gasteiger partial charge in [0, 0.05) is 13.1 Å². The Morgan fingerprint density at radius 1 is 1.38 bits per heavy atom. The molecule has 0 spiro atoms. The van der Waals surface area contributed by atoms with Gasteiger partial charge in [0.25, 0.3) is 0 Å². The van der Waals surface area contributed by atoms with Crippen LogP contribution in [0.4, 0.5) is 0 Å². The highest BCUT2D eigenvalue weighted by Gasteiger charge is 2.36. The number of carboxylic acids is 1. The molecule has 0 aromatic heterocycles. The van der Waals surface area contributed by atoms with E-state index in [9.17, 15) is 9.59 Å². The quantitative estimate of drug-likeness (QED) is 0.739. The zero-order chi connectivity index (χ0) is 11.7. The van der Waals surface area contributed by atoms with Gasteiger partial charge in [0.2, 0.25) is 5.91 Å². The van der Waals surface area contributed by atoms with Gasteiger partial charge in [-0.05, 0) is 19.8 Å². The first kappa shape index (κ1) is 11.4. The standard InChI is InChI=1S/C11H17NO4/c1-7-4-9(6-16-7)10(13)12-3-2-8(5-12)11(14)15/h7-9H,2-6H2,1H3,(H,14,15). The number of carbonyl (C=O) groups is 2. The number of likely N-dealkylation sites (tertiary alicyclic amines) is 1. The van der Waals surface area contributed by atoms with E-state index in [0.717, 1.165) is 6.42 Å². The van der Waals surface area contributed by atoms with Crippen LogP contribution in [0.2, 0.25) is 0 Å². The summed E-state index contributed by atoms with van der Waals surface area (Å²) in [5.41, 5.74) is 0. The van der Waals surface area contributed by atoms with Crippen molar-refractivity contribution in [2.24, 2.45) is 11.8 Å². The number of ether oxygens (including phenoxy) is 1. The minimum Gasteiger partial charge on any atom is -0.481 e. The van der Waals surface area contributed by atoms with Crippen molar-refractivity contribution >= 4 is 11.9 Å². The molecule has 2 heterocycles. The second-order valence-corrected chi connectivity index (χ2v) is 4.68. The monoisotopic (exact) mass is 227 g/mol. The summed E-state index contributed by atoms with van der Waals surface area (Å²) < 4.78 is 5.36. The fourth-order valence-electron chi connectivity index (χ4n) is 2.41. The van der Waals surface area contributed by atoms with E-state index in [1.165, 1.54) is 0 Å². The van der Waals surface area contributed by atoms with Gasteiger partial charge in [-0.15, -0.1) is 0 Å². The van der Waals surface area contributed by atoms with Gasteiger partial charge in [0.05, 0.1) is 24.5 Å². The fraction of sp³-hybridized carbons (Fsp3) is 0.818. The molecule has 0 aromatic rings. The Morgan fingerprint density at radius 3 is 2.62 bits per heavy atom. The molecule has 2 rings (SSSR count). The van der Waals surface area contributed by atoms with Crippen molar-refractivity contribution in [1.82, 2.24) is 4.90 Å². The zero-order valence-electron chi connectivity index (χ0n) is 9.39. The highest BCUT2D eigenvalue weighted by atomic mass is 16.5. The third kappa shape index (κ3) is 2.19. The number of amides is 1. The molecule has 2 saturated heterocycles. The van der Waals surface area contributed by atoms with E-state index in [2.05, 4.69) is 0 Å². The van der Waals surface area contributed by atoms with Crippen molar-refractivity contribution in [3.05, 3.63) is 0 Å². The van der Waals surface area contributed by atoms with Gasteiger partial charge in [0.15, 0.2) is 0 Å². The average molecular weight is 227 g/mol. The van der Waals surface area contributed by atoms with Crippen LogP contribution in [0.5, 0.6) is 0 Å². The number of nitrogens with zero attached hydrogens (tertiary/aromatic N) is 1.